The second-order valence-electron chi connectivity index (χ2n) is 2.25. The fraction of sp³-hybridized carbons (Fsp3) is 0.143. The monoisotopic (exact) mass is 218 g/mol. The lowest BCUT2D eigenvalue weighted by Gasteiger charge is -1.99. The average molecular weight is 219 g/mol. The van der Waals surface area contributed by atoms with Gasteiger partial charge in [-0.15, -0.1) is 0 Å². The summed E-state index contributed by atoms with van der Waals surface area (Å²) in [5.41, 5.74) is 5.18. The third kappa shape index (κ3) is 3.04. The molecule has 0 aliphatic rings. The quantitative estimate of drug-likeness (QED) is 0.742. The fourth-order valence-corrected chi connectivity index (χ4v) is 0.909. The maximum absolute atomic E-state index is 11.2. The van der Waals surface area contributed by atoms with Crippen molar-refractivity contribution >= 4 is 34.7 Å². The van der Waals surface area contributed by atoms with E-state index in [1.165, 1.54) is 12.1 Å². The first-order valence-electron chi connectivity index (χ1n) is 3.41. The molecule has 1 heterocycles. The maximum atomic E-state index is 11.2. The molecule has 70 valence electrons. The zero-order valence-electron chi connectivity index (χ0n) is 6.54. The summed E-state index contributed by atoms with van der Waals surface area (Å²) in [5.74, 6) is -0.249. The van der Waals surface area contributed by atoms with E-state index in [-0.39, 0.29) is 28.4 Å². The topological polar surface area (TPSA) is 68.3 Å². The number of amides is 1. The van der Waals surface area contributed by atoms with Crippen molar-refractivity contribution in [1.29, 1.82) is 0 Å². The summed E-state index contributed by atoms with van der Waals surface area (Å²) in [6.45, 7) is 0.145. The molecule has 0 unspecified atom stereocenters. The van der Waals surface area contributed by atoms with Gasteiger partial charge in [0.1, 0.15) is 0 Å². The van der Waals surface area contributed by atoms with E-state index in [2.05, 4.69) is 17.5 Å². The number of nitrogens with one attached hydrogen (secondary N) is 1. The van der Waals surface area contributed by atoms with Crippen molar-refractivity contribution in [3.63, 3.8) is 0 Å². The molecule has 0 bridgehead atoms. The molecule has 1 amide bonds. The highest BCUT2D eigenvalue weighted by atomic mass is 35.5. The number of carbonyl (C=O) groups excluding carboxylic acids is 1. The lowest BCUT2D eigenvalue weighted by molar-refractivity contribution is 0.0932. The van der Waals surface area contributed by atoms with E-state index in [9.17, 15) is 4.79 Å². The molecule has 0 aromatic carbocycles. The maximum Gasteiger partial charge on any atom is 0.287 e. The van der Waals surface area contributed by atoms with Gasteiger partial charge >= 0.3 is 0 Å². The van der Waals surface area contributed by atoms with Crippen molar-refractivity contribution in [3.8, 4) is 0 Å². The molecule has 0 fully saturated rings. The minimum atomic E-state index is -0.389. The highest BCUT2D eigenvalue weighted by Gasteiger charge is 2.09. The van der Waals surface area contributed by atoms with Crippen LogP contribution in [0.1, 0.15) is 10.6 Å². The van der Waals surface area contributed by atoms with Crippen LogP contribution in [0.15, 0.2) is 16.5 Å². The predicted molar refractivity (Wildman–Crippen MR) is 52.8 cm³/mol. The van der Waals surface area contributed by atoms with Crippen molar-refractivity contribution in [3.05, 3.63) is 23.1 Å². The molecule has 0 aliphatic heterocycles. The Labute approximate surface area is 85.0 Å². The fourth-order valence-electron chi connectivity index (χ4n) is 0.691. The van der Waals surface area contributed by atoms with Crippen LogP contribution in [0.25, 0.3) is 0 Å². The van der Waals surface area contributed by atoms with Gasteiger partial charge in [-0.05, 0) is 23.7 Å². The lowest BCUT2D eigenvalue weighted by atomic mass is 10.4. The molecule has 0 spiro atoms. The van der Waals surface area contributed by atoms with E-state index < -0.39 is 0 Å². The Balaban J connectivity index is 2.54. The van der Waals surface area contributed by atoms with Gasteiger partial charge in [-0.25, -0.2) is 0 Å². The molecule has 0 saturated heterocycles. The number of rotatable bonds is 3. The summed E-state index contributed by atoms with van der Waals surface area (Å²) in [6.07, 6.45) is 0. The molecule has 3 N–H and O–H groups in total. The summed E-state index contributed by atoms with van der Waals surface area (Å²) in [6, 6.07) is 2.95. The number of hydrogen-bond acceptors (Lipinski definition) is 3. The average Bonchev–Trinajstić information content (AvgIpc) is 2.47. The second kappa shape index (κ2) is 4.25. The van der Waals surface area contributed by atoms with Gasteiger partial charge in [0.05, 0.1) is 11.5 Å². The Morgan fingerprint density at radius 3 is 2.85 bits per heavy atom. The minimum Gasteiger partial charge on any atom is -0.440 e. The molecule has 0 aliphatic carbocycles. The second-order valence-corrected chi connectivity index (χ2v) is 3.15. The summed E-state index contributed by atoms with van der Waals surface area (Å²) in [5, 5.41) is 2.62. The van der Waals surface area contributed by atoms with Crippen molar-refractivity contribution in [2.45, 2.75) is 0 Å². The summed E-state index contributed by atoms with van der Waals surface area (Å²) >= 11 is 10.0. The standard InChI is InChI=1S/C7H7ClN2O2S/c8-5-2-1-4(12-5)7(11)10-3-6(9)13/h1-2H,3H2,(H2,9,13)(H,10,11). The van der Waals surface area contributed by atoms with Crippen LogP contribution in [0, 0.1) is 0 Å². The molecular formula is C7H7ClN2O2S. The van der Waals surface area contributed by atoms with Gasteiger partial charge in [-0.2, -0.15) is 0 Å². The number of halogens is 1. The van der Waals surface area contributed by atoms with Crippen molar-refractivity contribution in [2.75, 3.05) is 6.54 Å². The Hall–Kier alpha value is -1.07. The van der Waals surface area contributed by atoms with Gasteiger partial charge in [-0.1, -0.05) is 12.2 Å². The largest absolute Gasteiger partial charge is 0.440 e. The van der Waals surface area contributed by atoms with Crippen LogP contribution in [-0.2, 0) is 0 Å². The van der Waals surface area contributed by atoms with E-state index in [1.807, 2.05) is 0 Å². The lowest BCUT2D eigenvalue weighted by Crippen LogP contribution is -2.31. The number of nitrogens with two attached hydrogens (primary N) is 1. The third-order valence-electron chi connectivity index (χ3n) is 1.22. The van der Waals surface area contributed by atoms with Gasteiger partial charge in [0.2, 0.25) is 0 Å². The van der Waals surface area contributed by atoms with Gasteiger partial charge in [0, 0.05) is 0 Å². The zero-order chi connectivity index (χ0) is 9.84. The van der Waals surface area contributed by atoms with Crippen molar-refractivity contribution in [2.24, 2.45) is 5.73 Å². The van der Waals surface area contributed by atoms with Crippen LogP contribution in [0.5, 0.6) is 0 Å². The minimum absolute atomic E-state index is 0.140. The first kappa shape index (κ1) is 10.0. The van der Waals surface area contributed by atoms with Crippen LogP contribution in [-0.4, -0.2) is 17.4 Å². The SMILES string of the molecule is NC(=S)CNC(=O)c1ccc(Cl)o1. The molecule has 1 aromatic heterocycles. The zero-order valence-corrected chi connectivity index (χ0v) is 8.11. The molecule has 13 heavy (non-hydrogen) atoms. The summed E-state index contributed by atoms with van der Waals surface area (Å²) in [4.78, 5) is 11.4. The van der Waals surface area contributed by atoms with Crippen LogP contribution in [0.3, 0.4) is 0 Å². The van der Waals surface area contributed by atoms with E-state index >= 15 is 0 Å². The predicted octanol–water partition coefficient (Wildman–Crippen LogP) is 0.949. The van der Waals surface area contributed by atoms with Crippen LogP contribution in [0.2, 0.25) is 5.22 Å². The molecule has 0 radical (unpaired) electrons. The molecule has 0 atom stereocenters. The smallest absolute Gasteiger partial charge is 0.287 e. The van der Waals surface area contributed by atoms with E-state index in [0.717, 1.165) is 0 Å². The first-order valence-corrected chi connectivity index (χ1v) is 4.20. The number of furan rings is 1. The molecular weight excluding hydrogens is 212 g/mol. The Bertz CT molecular complexity index is 337. The molecule has 0 saturated carbocycles. The van der Waals surface area contributed by atoms with E-state index in [4.69, 9.17) is 21.8 Å². The van der Waals surface area contributed by atoms with E-state index in [1.54, 1.807) is 0 Å². The Morgan fingerprint density at radius 1 is 1.69 bits per heavy atom. The van der Waals surface area contributed by atoms with Gasteiger partial charge < -0.3 is 15.5 Å². The number of hydrogen-bond donors (Lipinski definition) is 2. The van der Waals surface area contributed by atoms with Crippen LogP contribution >= 0.6 is 23.8 Å². The Kier molecular flexibility index (Phi) is 3.27. The van der Waals surface area contributed by atoms with Crippen LogP contribution in [0.4, 0.5) is 0 Å². The summed E-state index contributed by atoms with van der Waals surface area (Å²) < 4.78 is 4.85. The summed E-state index contributed by atoms with van der Waals surface area (Å²) in [7, 11) is 0. The Morgan fingerprint density at radius 2 is 2.38 bits per heavy atom. The molecule has 1 rings (SSSR count). The van der Waals surface area contributed by atoms with Crippen molar-refractivity contribution in [1.82, 2.24) is 5.32 Å². The van der Waals surface area contributed by atoms with Crippen molar-refractivity contribution < 1.29 is 9.21 Å². The third-order valence-corrected chi connectivity index (χ3v) is 1.57. The van der Waals surface area contributed by atoms with E-state index in [0.29, 0.717) is 0 Å². The number of thiocarbonyl (C=S) groups is 1. The van der Waals surface area contributed by atoms with Gasteiger partial charge in [0.25, 0.3) is 5.91 Å². The first-order chi connectivity index (χ1) is 6.09. The van der Waals surface area contributed by atoms with Gasteiger partial charge in [-0.3, -0.25) is 4.79 Å². The number of carbonyl (C=O) groups is 1. The molecule has 1 aromatic rings. The highest BCUT2D eigenvalue weighted by Crippen LogP contribution is 2.12. The van der Waals surface area contributed by atoms with Crippen LogP contribution < -0.4 is 11.1 Å². The normalized spacial score (nSPS) is 9.62. The molecule has 6 heteroatoms. The highest BCUT2D eigenvalue weighted by molar-refractivity contribution is 7.80. The molecule has 4 nitrogen and oxygen atoms in total. The van der Waals surface area contributed by atoms with Gasteiger partial charge in [0.15, 0.2) is 11.0 Å².